The molecule has 1 N–H and O–H groups in total. The number of rotatable bonds is 5. The van der Waals surface area contributed by atoms with E-state index in [1.54, 1.807) is 0 Å². The minimum Gasteiger partial charge on any atom is -0.311 e. The molecule has 1 heteroatoms. The van der Waals surface area contributed by atoms with Crippen LogP contribution < -0.4 is 5.32 Å². The first-order valence-corrected chi connectivity index (χ1v) is 5.69. The van der Waals surface area contributed by atoms with Crippen molar-refractivity contribution in [2.24, 2.45) is 5.92 Å². The van der Waals surface area contributed by atoms with E-state index in [4.69, 9.17) is 0 Å². The molecule has 1 atom stereocenters. The van der Waals surface area contributed by atoms with Crippen molar-refractivity contribution in [3.05, 3.63) is 12.2 Å². The molecular formula is C12H23N. The van der Waals surface area contributed by atoms with E-state index in [-0.39, 0.29) is 0 Å². The second-order valence-electron chi connectivity index (χ2n) is 4.46. The fraction of sp³-hybridized carbons (Fsp3) is 0.833. The van der Waals surface area contributed by atoms with Crippen molar-refractivity contribution in [2.45, 2.75) is 52.0 Å². The van der Waals surface area contributed by atoms with E-state index in [0.29, 0.717) is 6.04 Å². The highest BCUT2D eigenvalue weighted by atomic mass is 14.9. The maximum atomic E-state index is 3.59. The lowest BCUT2D eigenvalue weighted by Crippen LogP contribution is -2.29. The quantitative estimate of drug-likeness (QED) is 0.507. The molecule has 0 heterocycles. The van der Waals surface area contributed by atoms with Gasteiger partial charge >= 0.3 is 0 Å². The van der Waals surface area contributed by atoms with E-state index < -0.39 is 0 Å². The molecule has 0 aromatic heterocycles. The third kappa shape index (κ3) is 5.09. The van der Waals surface area contributed by atoms with Gasteiger partial charge in [-0.05, 0) is 44.6 Å². The minimum absolute atomic E-state index is 0.668. The van der Waals surface area contributed by atoms with Gasteiger partial charge in [-0.25, -0.2) is 0 Å². The molecule has 0 bridgehead atoms. The van der Waals surface area contributed by atoms with Crippen molar-refractivity contribution >= 4 is 0 Å². The van der Waals surface area contributed by atoms with Gasteiger partial charge in [0.15, 0.2) is 0 Å². The van der Waals surface area contributed by atoms with Crippen LogP contribution in [-0.2, 0) is 0 Å². The highest BCUT2D eigenvalue weighted by Crippen LogP contribution is 2.10. The van der Waals surface area contributed by atoms with E-state index in [9.17, 15) is 0 Å². The number of nitrogens with one attached hydrogen (secondary N) is 1. The largest absolute Gasteiger partial charge is 0.311 e. The van der Waals surface area contributed by atoms with Crippen LogP contribution in [0.25, 0.3) is 0 Å². The smallest absolute Gasteiger partial charge is 0.0250 e. The molecule has 0 saturated carbocycles. The van der Waals surface area contributed by atoms with Crippen LogP contribution in [0.5, 0.6) is 0 Å². The van der Waals surface area contributed by atoms with Crippen molar-refractivity contribution in [1.29, 1.82) is 0 Å². The van der Waals surface area contributed by atoms with Crippen LogP contribution in [0.3, 0.4) is 0 Å². The zero-order chi connectivity index (χ0) is 9.52. The van der Waals surface area contributed by atoms with Gasteiger partial charge in [-0.15, -0.1) is 0 Å². The number of hydrogen-bond donors (Lipinski definition) is 1. The lowest BCUT2D eigenvalue weighted by molar-refractivity contribution is 0.480. The van der Waals surface area contributed by atoms with Crippen LogP contribution >= 0.6 is 0 Å². The molecule has 0 aliphatic heterocycles. The zero-order valence-electron chi connectivity index (χ0n) is 9.05. The topological polar surface area (TPSA) is 12.0 Å². The lowest BCUT2D eigenvalue weighted by atomic mass is 10.0. The number of hydrogen-bond acceptors (Lipinski definition) is 1. The Kier molecular flexibility index (Phi) is 5.14. The van der Waals surface area contributed by atoms with Crippen molar-refractivity contribution in [3.63, 3.8) is 0 Å². The van der Waals surface area contributed by atoms with Gasteiger partial charge in [0, 0.05) is 6.04 Å². The molecule has 1 rings (SSSR count). The van der Waals surface area contributed by atoms with Crippen LogP contribution in [0.2, 0.25) is 0 Å². The first-order valence-electron chi connectivity index (χ1n) is 5.69. The average molecular weight is 181 g/mol. The maximum Gasteiger partial charge on any atom is 0.0250 e. The summed E-state index contributed by atoms with van der Waals surface area (Å²) in [5.41, 5.74) is 0. The van der Waals surface area contributed by atoms with E-state index in [0.717, 1.165) is 5.92 Å². The molecule has 76 valence electrons. The van der Waals surface area contributed by atoms with Crippen molar-refractivity contribution in [1.82, 2.24) is 5.32 Å². The minimum atomic E-state index is 0.668. The van der Waals surface area contributed by atoms with E-state index in [1.165, 1.54) is 38.6 Å². The first-order chi connectivity index (χ1) is 6.29. The van der Waals surface area contributed by atoms with Gasteiger partial charge in [0.1, 0.15) is 0 Å². The molecule has 0 amide bonds. The van der Waals surface area contributed by atoms with Crippen molar-refractivity contribution in [3.8, 4) is 0 Å². The summed E-state index contributed by atoms with van der Waals surface area (Å²) in [5, 5.41) is 3.59. The molecular weight excluding hydrogens is 158 g/mol. The molecule has 1 nitrogen and oxygen atoms in total. The Bertz CT molecular complexity index is 149. The lowest BCUT2D eigenvalue weighted by Gasteiger charge is -2.18. The van der Waals surface area contributed by atoms with E-state index in [2.05, 4.69) is 31.3 Å². The Hall–Kier alpha value is -0.300. The molecule has 1 aliphatic carbocycles. The Morgan fingerprint density at radius 2 is 2.31 bits per heavy atom. The van der Waals surface area contributed by atoms with Crippen LogP contribution in [0.4, 0.5) is 0 Å². The Morgan fingerprint density at radius 1 is 1.46 bits per heavy atom. The molecule has 1 aliphatic rings. The monoisotopic (exact) mass is 181 g/mol. The summed E-state index contributed by atoms with van der Waals surface area (Å²) in [6, 6.07) is 0.668. The maximum absolute atomic E-state index is 3.59. The van der Waals surface area contributed by atoms with Gasteiger partial charge in [0.25, 0.3) is 0 Å². The Morgan fingerprint density at radius 3 is 2.92 bits per heavy atom. The van der Waals surface area contributed by atoms with E-state index in [1.807, 2.05) is 0 Å². The fourth-order valence-electron chi connectivity index (χ4n) is 1.78. The third-order valence-electron chi connectivity index (χ3n) is 2.62. The van der Waals surface area contributed by atoms with Gasteiger partial charge < -0.3 is 5.32 Å². The summed E-state index contributed by atoms with van der Waals surface area (Å²) in [7, 11) is 0. The molecule has 0 aromatic carbocycles. The Labute approximate surface area is 82.6 Å². The summed E-state index contributed by atoms with van der Waals surface area (Å²) in [4.78, 5) is 0. The van der Waals surface area contributed by atoms with Gasteiger partial charge in [-0.3, -0.25) is 0 Å². The van der Waals surface area contributed by atoms with E-state index >= 15 is 0 Å². The highest BCUT2D eigenvalue weighted by molar-refractivity contribution is 4.97. The first kappa shape index (κ1) is 10.8. The zero-order valence-corrected chi connectivity index (χ0v) is 9.05. The van der Waals surface area contributed by atoms with Gasteiger partial charge in [0.05, 0.1) is 0 Å². The Balaban J connectivity index is 1.98. The normalized spacial score (nSPS) is 22.5. The molecule has 0 saturated heterocycles. The molecule has 0 fully saturated rings. The molecule has 1 unspecified atom stereocenters. The molecule has 13 heavy (non-hydrogen) atoms. The summed E-state index contributed by atoms with van der Waals surface area (Å²) in [6.07, 6.45) is 11.3. The van der Waals surface area contributed by atoms with Crippen LogP contribution in [0.15, 0.2) is 12.2 Å². The van der Waals surface area contributed by atoms with Crippen LogP contribution in [-0.4, -0.2) is 12.6 Å². The second-order valence-corrected chi connectivity index (χ2v) is 4.46. The predicted octanol–water partition coefficient (Wildman–Crippen LogP) is 3.12. The third-order valence-corrected chi connectivity index (χ3v) is 2.62. The molecule has 0 aromatic rings. The summed E-state index contributed by atoms with van der Waals surface area (Å²) >= 11 is 0. The van der Waals surface area contributed by atoms with Gasteiger partial charge in [0.2, 0.25) is 0 Å². The summed E-state index contributed by atoms with van der Waals surface area (Å²) in [6.45, 7) is 5.77. The van der Waals surface area contributed by atoms with Crippen LogP contribution in [0.1, 0.15) is 46.0 Å². The van der Waals surface area contributed by atoms with Crippen LogP contribution in [0, 0.1) is 5.92 Å². The van der Waals surface area contributed by atoms with Crippen molar-refractivity contribution in [2.75, 3.05) is 6.54 Å². The molecule has 0 radical (unpaired) electrons. The summed E-state index contributed by atoms with van der Waals surface area (Å²) in [5.74, 6) is 0.851. The second kappa shape index (κ2) is 6.20. The SMILES string of the molecule is CC(C)CCCNC1C=CCCC1. The average Bonchev–Trinajstić information content (AvgIpc) is 2.14. The van der Waals surface area contributed by atoms with Crippen molar-refractivity contribution < 1.29 is 0 Å². The molecule has 0 spiro atoms. The predicted molar refractivity (Wildman–Crippen MR) is 58.9 cm³/mol. The van der Waals surface area contributed by atoms with Gasteiger partial charge in [-0.1, -0.05) is 26.0 Å². The summed E-state index contributed by atoms with van der Waals surface area (Å²) < 4.78 is 0. The van der Waals surface area contributed by atoms with Gasteiger partial charge in [-0.2, -0.15) is 0 Å². The number of allylic oxidation sites excluding steroid dienone is 1. The standard InChI is InChI=1S/C12H23N/c1-11(2)7-6-10-13-12-8-4-3-5-9-12/h4,8,11-13H,3,5-7,9-10H2,1-2H3. The highest BCUT2D eigenvalue weighted by Gasteiger charge is 2.06. The fourth-order valence-corrected chi connectivity index (χ4v) is 1.78.